The maximum absolute atomic E-state index is 15.1. The van der Waals surface area contributed by atoms with Crippen LogP contribution in [0.4, 0.5) is 42.4 Å². The van der Waals surface area contributed by atoms with Gasteiger partial charge in [-0.2, -0.15) is 23.8 Å². The minimum atomic E-state index is -4.88. The molecule has 0 aliphatic carbocycles. The highest BCUT2D eigenvalue weighted by molar-refractivity contribution is 7.54. The Kier molecular flexibility index (Phi) is 21.1. The first-order chi connectivity index (χ1) is 39.7. The Morgan fingerprint density at radius 2 is 1.12 bits per heavy atom. The number of carbonyl (C=O) groups excluding carboxylic acids is 2. The Morgan fingerprint density at radius 1 is 0.679 bits per heavy atom. The quantitative estimate of drug-likeness (QED) is 0.0120. The summed E-state index contributed by atoms with van der Waals surface area (Å²) in [6.07, 6.45) is -8.49. The maximum atomic E-state index is 15.1. The zero-order chi connectivity index (χ0) is 61.5. The number of alkyl halides is 2. The lowest BCUT2D eigenvalue weighted by Gasteiger charge is -2.23. The van der Waals surface area contributed by atoms with Crippen LogP contribution < -0.4 is 30.1 Å². The summed E-state index contributed by atoms with van der Waals surface area (Å²) in [5, 5.41) is 32.0. The number of aromatic nitrogens is 6. The molecular weight excluding hydrogens is 1220 g/mol. The highest BCUT2D eigenvalue weighted by Gasteiger charge is 2.48. The number of fused-ring (bicyclic) bond motifs is 2. The number of aliphatic hydroxyl groups is 3. The van der Waals surface area contributed by atoms with Crippen LogP contribution in [0.15, 0.2) is 85.2 Å². The monoisotopic (exact) mass is 1270 g/mol. The molecule has 0 saturated carbocycles. The van der Waals surface area contributed by atoms with Crippen LogP contribution in [-0.2, 0) is 42.2 Å². The molecular formula is C49H50Cl2F7N9O15P2. The molecule has 0 spiro atoms. The van der Waals surface area contributed by atoms with E-state index in [1.54, 1.807) is 48.5 Å². The number of rotatable bonds is 18. The minimum absolute atomic E-state index is 0.0670. The van der Waals surface area contributed by atoms with Crippen LogP contribution in [0.3, 0.4) is 0 Å². The summed E-state index contributed by atoms with van der Waals surface area (Å²) in [6, 6.07) is 17.0. The molecule has 2 aliphatic rings. The van der Waals surface area contributed by atoms with Crippen molar-refractivity contribution in [2.45, 2.75) is 69.1 Å². The Labute approximate surface area is 480 Å². The Bertz CT molecular complexity index is 3550. The molecule has 2 saturated heterocycles. The number of nitrogens with one attached hydrogen (secondary N) is 1. The number of halogens is 9. The van der Waals surface area contributed by atoms with E-state index in [4.69, 9.17) is 67.6 Å². The van der Waals surface area contributed by atoms with Crippen molar-refractivity contribution in [2.75, 3.05) is 45.1 Å². The van der Waals surface area contributed by atoms with E-state index in [1.807, 2.05) is 5.09 Å². The smallest absolute Gasteiger partial charge is 0.469 e. The zero-order valence-corrected chi connectivity index (χ0v) is 47.2. The molecule has 0 radical (unpaired) electrons. The summed E-state index contributed by atoms with van der Waals surface area (Å²) < 4.78 is 167. The molecule has 0 amide bonds. The SMILES string of the molecule is COC(=O)C(C)CP(=O)(OC[C@H]1O[C@@H](n2ccc3c(N)nc(Cl)nc32)[C@H](F)C1O)Oc1ccccc1.COC(=O)C(C)NP(=O)(Oc1ccccc1)Oc1c(F)c(F)c(F)c(F)c1F.Nc1nc(Cl)nc2c1ccn2[C@@H]1O[C@H](CO)C(O)[C@H]1F. The number of nitrogens with two attached hydrogens (primary N) is 2. The van der Waals surface area contributed by atoms with Crippen LogP contribution in [0.5, 0.6) is 17.2 Å². The highest BCUT2D eigenvalue weighted by atomic mass is 35.5. The highest BCUT2D eigenvalue weighted by Crippen LogP contribution is 2.51. The molecule has 9 rings (SSSR count). The second kappa shape index (κ2) is 27.4. The van der Waals surface area contributed by atoms with Crippen LogP contribution in [0.2, 0.25) is 10.6 Å². The minimum Gasteiger partial charge on any atom is -0.469 e. The predicted molar refractivity (Wildman–Crippen MR) is 283 cm³/mol. The van der Waals surface area contributed by atoms with Crippen LogP contribution in [0.25, 0.3) is 22.1 Å². The fourth-order valence-electron chi connectivity index (χ4n) is 8.11. The molecule has 6 unspecified atom stereocenters. The number of hydrogen-bond donors (Lipinski definition) is 6. The van der Waals surface area contributed by atoms with Gasteiger partial charge in [-0.3, -0.25) is 14.1 Å². The van der Waals surface area contributed by atoms with Gasteiger partial charge in [0, 0.05) is 12.4 Å². The van der Waals surface area contributed by atoms with Crippen molar-refractivity contribution in [2.24, 2.45) is 5.92 Å². The van der Waals surface area contributed by atoms with Gasteiger partial charge in [0.2, 0.25) is 45.4 Å². The second-order valence-corrected chi connectivity index (χ2v) is 22.4. The third-order valence-corrected chi connectivity index (χ3v) is 16.2. The molecule has 35 heteroatoms. The summed E-state index contributed by atoms with van der Waals surface area (Å²) in [5.41, 5.74) is 12.1. The van der Waals surface area contributed by atoms with Crippen molar-refractivity contribution in [1.29, 1.82) is 0 Å². The molecule has 4 aromatic heterocycles. The van der Waals surface area contributed by atoms with E-state index in [1.165, 1.54) is 59.8 Å². The lowest BCUT2D eigenvalue weighted by molar-refractivity contribution is -0.144. The summed E-state index contributed by atoms with van der Waals surface area (Å²) >= 11 is 11.6. The van der Waals surface area contributed by atoms with Gasteiger partial charge < -0.3 is 68.4 Å². The molecule has 6 heterocycles. The first kappa shape index (κ1) is 64.7. The van der Waals surface area contributed by atoms with Crippen molar-refractivity contribution in [3.63, 3.8) is 0 Å². The van der Waals surface area contributed by atoms with Gasteiger partial charge in [0.25, 0.3) is 0 Å². The summed E-state index contributed by atoms with van der Waals surface area (Å²) in [7, 11) is -6.63. The fourth-order valence-corrected chi connectivity index (χ4v) is 11.8. The Balaban J connectivity index is 0.000000188. The van der Waals surface area contributed by atoms with E-state index in [-0.39, 0.29) is 45.5 Å². The number of para-hydroxylation sites is 2. The van der Waals surface area contributed by atoms with Crippen molar-refractivity contribution in [3.05, 3.63) is 125 Å². The number of aliphatic hydroxyl groups excluding tert-OH is 3. The van der Waals surface area contributed by atoms with Crippen LogP contribution >= 0.6 is 38.5 Å². The van der Waals surface area contributed by atoms with Crippen molar-refractivity contribution in [3.8, 4) is 17.2 Å². The summed E-state index contributed by atoms with van der Waals surface area (Å²) in [6.45, 7) is 1.71. The second-order valence-electron chi connectivity index (χ2n) is 18.0. The van der Waals surface area contributed by atoms with Gasteiger partial charge in [0.05, 0.1) is 50.3 Å². The molecule has 7 aromatic rings. The Morgan fingerprint density at radius 3 is 1.57 bits per heavy atom. The molecule has 2 fully saturated rings. The first-order valence-corrected chi connectivity index (χ1v) is 28.4. The number of benzene rings is 3. The number of esters is 2. The number of hydrogen-bond acceptors (Lipinski definition) is 21. The molecule has 454 valence electrons. The van der Waals surface area contributed by atoms with Crippen LogP contribution in [-0.4, -0.2) is 133 Å². The van der Waals surface area contributed by atoms with Gasteiger partial charge in [0.15, 0.2) is 24.8 Å². The van der Waals surface area contributed by atoms with Crippen molar-refractivity contribution >= 4 is 84.2 Å². The molecule has 3 aromatic carbocycles. The van der Waals surface area contributed by atoms with Crippen LogP contribution in [0.1, 0.15) is 26.3 Å². The van der Waals surface area contributed by atoms with E-state index in [0.29, 0.717) is 16.4 Å². The van der Waals surface area contributed by atoms with E-state index >= 15 is 4.39 Å². The third kappa shape index (κ3) is 14.6. The van der Waals surface area contributed by atoms with Gasteiger partial charge in [-0.15, -0.1) is 0 Å². The summed E-state index contributed by atoms with van der Waals surface area (Å²) in [4.78, 5) is 39.2. The van der Waals surface area contributed by atoms with E-state index < -0.39 is 137 Å². The topological polar surface area (TPSA) is 328 Å². The maximum Gasteiger partial charge on any atom is 0.513 e. The zero-order valence-electron chi connectivity index (χ0n) is 43.9. The average molecular weight is 1270 g/mol. The molecule has 0 bridgehead atoms. The largest absolute Gasteiger partial charge is 0.513 e. The normalized spacial score (nSPS) is 22.3. The average Bonchev–Trinajstić information content (AvgIpc) is 3.16. The first-order valence-electron chi connectivity index (χ1n) is 24.4. The number of nitrogens with zero attached hydrogens (tertiary/aromatic N) is 6. The molecule has 12 atom stereocenters. The number of nitrogen functional groups attached to an aromatic ring is 2. The number of anilines is 2. The van der Waals surface area contributed by atoms with Crippen LogP contribution in [0, 0.1) is 35.0 Å². The van der Waals surface area contributed by atoms with Gasteiger partial charge in [0.1, 0.15) is 64.9 Å². The third-order valence-electron chi connectivity index (χ3n) is 12.2. The number of carbonyl (C=O) groups is 2. The van der Waals surface area contributed by atoms with E-state index in [0.717, 1.165) is 14.0 Å². The Hall–Kier alpha value is -6.89. The number of ether oxygens (including phenoxy) is 4. The van der Waals surface area contributed by atoms with E-state index in [2.05, 4.69) is 29.2 Å². The van der Waals surface area contributed by atoms with Gasteiger partial charge in [-0.05, 0) is 66.5 Å². The lowest BCUT2D eigenvalue weighted by atomic mass is 10.1. The molecule has 24 nitrogen and oxygen atoms in total. The molecule has 8 N–H and O–H groups in total. The summed E-state index contributed by atoms with van der Waals surface area (Å²) in [5.74, 6) is -15.6. The fraction of sp³-hybridized carbons (Fsp3) is 0.347. The lowest BCUT2D eigenvalue weighted by Crippen LogP contribution is -2.35. The van der Waals surface area contributed by atoms with E-state index in [9.17, 15) is 55.3 Å². The number of methoxy groups -OCH3 is 2. The predicted octanol–water partition coefficient (Wildman–Crippen LogP) is 7.72. The van der Waals surface area contributed by atoms with Crippen molar-refractivity contribution < 1.29 is 102 Å². The molecule has 84 heavy (non-hydrogen) atoms. The van der Waals surface area contributed by atoms with Gasteiger partial charge in [-0.25, -0.2) is 41.1 Å². The van der Waals surface area contributed by atoms with Gasteiger partial charge in [-0.1, -0.05) is 43.3 Å². The standard InChI is InChI=1S/C22H25ClFN4O7P.C16H13F5NO5P.C11H12ClFN4O3/c1-12(21(30)32-2)11-36(31,35-13-6-4-3-5-7-13)33-10-15-17(29)16(24)20(34-15)28-9-8-14-18(25)26-22(23)27-19(14)28;1-8(16(23)25-2)22-28(24,26-9-6-4-3-5-7-9)27-15-13(20)11(18)10(17)12(19)14(15)21;12-11-15-8(14)4-1-2-17(9(4)16-11)10-6(13)7(19)5(3-18)20-10/h3-9,12,15-17,20,29H,10-11H2,1-2H3,(H2,25,26,27);3-8H,1-2H3,(H,22,24);1-2,5-7,10,18-19H,3H2,(H2,14,15,16)/t12?,15-,16-,17?,20-,36?;;5-,6-,7?,10-/m1.1/s1. The van der Waals surface area contributed by atoms with Gasteiger partial charge >= 0.3 is 27.3 Å². The molecule has 2 aliphatic heterocycles. The van der Waals surface area contributed by atoms with Crippen molar-refractivity contribution in [1.82, 2.24) is 34.2 Å².